The normalized spacial score (nSPS) is 16.8. The van der Waals surface area contributed by atoms with Crippen LogP contribution in [0.25, 0.3) is 0 Å². The van der Waals surface area contributed by atoms with E-state index in [1.165, 1.54) is 37.7 Å². The van der Waals surface area contributed by atoms with E-state index in [4.69, 9.17) is 0 Å². The lowest BCUT2D eigenvalue weighted by Gasteiger charge is -2.42. The average molecular weight is 424 g/mol. The van der Waals surface area contributed by atoms with Crippen molar-refractivity contribution in [2.75, 3.05) is 25.5 Å². The van der Waals surface area contributed by atoms with Crippen molar-refractivity contribution in [3.05, 3.63) is 65.2 Å². The van der Waals surface area contributed by atoms with Crippen LogP contribution in [-0.2, 0) is 4.79 Å². The third kappa shape index (κ3) is 7.81. The lowest BCUT2D eigenvalue weighted by Crippen LogP contribution is -2.58. The van der Waals surface area contributed by atoms with Gasteiger partial charge in [-0.05, 0) is 64.0 Å². The molecule has 0 aliphatic carbocycles. The second kappa shape index (κ2) is 12.7. The van der Waals surface area contributed by atoms with Crippen molar-refractivity contribution in [3.8, 4) is 0 Å². The first-order chi connectivity index (χ1) is 14.9. The van der Waals surface area contributed by atoms with E-state index in [0.29, 0.717) is 0 Å². The van der Waals surface area contributed by atoms with Crippen LogP contribution in [0.5, 0.6) is 0 Å². The first kappa shape index (κ1) is 25.1. The Morgan fingerprint density at radius 1 is 0.871 bits per heavy atom. The van der Waals surface area contributed by atoms with Gasteiger partial charge in [-0.15, -0.1) is 0 Å². The number of para-hydroxylation sites is 1. The third-order valence-electron chi connectivity index (χ3n) is 6.62. The number of anilines is 1. The summed E-state index contributed by atoms with van der Waals surface area (Å²) in [6.45, 7) is 10.7. The fourth-order valence-electron chi connectivity index (χ4n) is 4.65. The molecule has 1 aliphatic heterocycles. The number of rotatable bonds is 5. The van der Waals surface area contributed by atoms with Crippen molar-refractivity contribution in [2.45, 2.75) is 78.7 Å². The zero-order valence-corrected chi connectivity index (χ0v) is 20.4. The van der Waals surface area contributed by atoms with Crippen LogP contribution >= 0.6 is 0 Å². The molecule has 31 heavy (non-hydrogen) atoms. The average Bonchev–Trinajstić information content (AvgIpc) is 2.73. The Balaban J connectivity index is 0.000000412. The molecule has 0 aromatic heterocycles. The van der Waals surface area contributed by atoms with Gasteiger partial charge in [0.2, 0.25) is 0 Å². The molecule has 0 radical (unpaired) electrons. The third-order valence-corrected chi connectivity index (χ3v) is 6.62. The summed E-state index contributed by atoms with van der Waals surface area (Å²) in [5, 5.41) is 3.27. The minimum Gasteiger partial charge on any atom is -0.320 e. The van der Waals surface area contributed by atoms with Crippen molar-refractivity contribution >= 4 is 11.6 Å². The first-order valence-electron chi connectivity index (χ1n) is 12.1. The van der Waals surface area contributed by atoms with Gasteiger partial charge in [0.1, 0.15) is 0 Å². The lowest BCUT2D eigenvalue weighted by molar-refractivity contribution is -0.925. The van der Waals surface area contributed by atoms with Gasteiger partial charge in [0.25, 0.3) is 5.91 Å². The molecule has 3 rings (SSSR count). The molecule has 1 saturated heterocycles. The summed E-state index contributed by atoms with van der Waals surface area (Å²) < 4.78 is 0.907. The number of quaternary nitrogens is 1. The minimum atomic E-state index is 0.0621. The number of aryl methyl sites for hydroxylation is 3. The predicted molar refractivity (Wildman–Crippen MR) is 133 cm³/mol. The van der Waals surface area contributed by atoms with Crippen LogP contribution in [0.3, 0.4) is 0 Å². The highest BCUT2D eigenvalue weighted by Crippen LogP contribution is 2.25. The van der Waals surface area contributed by atoms with Gasteiger partial charge < -0.3 is 9.80 Å². The highest BCUT2D eigenvalue weighted by molar-refractivity contribution is 5.95. The van der Waals surface area contributed by atoms with Crippen LogP contribution in [0.4, 0.5) is 5.69 Å². The van der Waals surface area contributed by atoms with Gasteiger partial charge in [-0.2, -0.15) is 0 Å². The van der Waals surface area contributed by atoms with Gasteiger partial charge >= 0.3 is 0 Å². The fourth-order valence-corrected chi connectivity index (χ4v) is 4.65. The molecule has 1 N–H and O–H groups in total. The van der Waals surface area contributed by atoms with E-state index in [9.17, 15) is 4.79 Å². The highest BCUT2D eigenvalue weighted by Gasteiger charge is 2.37. The monoisotopic (exact) mass is 423 g/mol. The molecule has 0 saturated carbocycles. The quantitative estimate of drug-likeness (QED) is 0.525. The summed E-state index contributed by atoms with van der Waals surface area (Å²) >= 11 is 0. The molecule has 1 unspecified atom stereocenters. The Hall–Kier alpha value is -2.13. The second-order valence-electron chi connectivity index (χ2n) is 9.41. The number of nitrogens with zero attached hydrogens (tertiary/aromatic N) is 1. The number of carbonyl (C=O) groups excluding carboxylic acids is 1. The van der Waals surface area contributed by atoms with Crippen molar-refractivity contribution in [2.24, 2.45) is 0 Å². The standard InChI is InChI=1S/C21H34N2O.C7H8/c1-5-12-19(23(4)15-9-7-6-8-10-16-23)21(24)22-20-17(2)13-11-14-18(20)3;1-7-5-3-2-4-6-7/h11,13-14,19H,5-10,12,15-16H2,1-4H3;2-6H,1H3/p+1. The second-order valence-corrected chi connectivity index (χ2v) is 9.41. The summed E-state index contributed by atoms with van der Waals surface area (Å²) in [4.78, 5) is 13.2. The molecule has 1 aliphatic rings. The van der Waals surface area contributed by atoms with Gasteiger partial charge in [-0.3, -0.25) is 4.79 Å². The molecule has 170 valence electrons. The van der Waals surface area contributed by atoms with E-state index >= 15 is 0 Å². The highest BCUT2D eigenvalue weighted by atomic mass is 16.2. The molecular weight excluding hydrogens is 380 g/mol. The lowest BCUT2D eigenvalue weighted by atomic mass is 10.00. The Labute approximate surface area is 190 Å². The number of hydrogen-bond donors (Lipinski definition) is 1. The van der Waals surface area contributed by atoms with Gasteiger partial charge in [0.15, 0.2) is 6.04 Å². The summed E-state index contributed by atoms with van der Waals surface area (Å²) in [7, 11) is 2.30. The van der Waals surface area contributed by atoms with Gasteiger partial charge in [0, 0.05) is 12.1 Å². The van der Waals surface area contributed by atoms with E-state index in [-0.39, 0.29) is 11.9 Å². The molecule has 0 spiro atoms. The SMILES string of the molecule is CCCC(C(=O)Nc1c(C)cccc1C)[N+]1(C)CCCCCCC1.Cc1ccccc1. The van der Waals surface area contributed by atoms with Crippen molar-refractivity contribution in [1.82, 2.24) is 0 Å². The number of benzene rings is 2. The van der Waals surface area contributed by atoms with Crippen LogP contribution in [0.2, 0.25) is 0 Å². The van der Waals surface area contributed by atoms with Crippen LogP contribution < -0.4 is 5.32 Å². The van der Waals surface area contributed by atoms with Crippen molar-refractivity contribution < 1.29 is 9.28 Å². The number of likely N-dealkylation sites (tertiary alicyclic amines) is 1. The zero-order chi connectivity index (χ0) is 22.7. The van der Waals surface area contributed by atoms with Crippen LogP contribution in [0.15, 0.2) is 48.5 Å². The molecule has 1 atom stereocenters. The summed E-state index contributed by atoms with van der Waals surface area (Å²) in [6.07, 6.45) is 8.48. The Bertz CT molecular complexity index is 772. The number of nitrogens with one attached hydrogen (secondary N) is 1. The van der Waals surface area contributed by atoms with Gasteiger partial charge in [-0.25, -0.2) is 0 Å². The Kier molecular flexibility index (Phi) is 10.3. The maximum atomic E-state index is 13.2. The van der Waals surface area contributed by atoms with Gasteiger partial charge in [0.05, 0.1) is 20.1 Å². The Morgan fingerprint density at radius 2 is 1.42 bits per heavy atom. The molecule has 2 aromatic carbocycles. The maximum absolute atomic E-state index is 13.2. The largest absolute Gasteiger partial charge is 0.320 e. The molecule has 3 heteroatoms. The smallest absolute Gasteiger partial charge is 0.282 e. The molecular formula is C28H43N2O+. The summed E-state index contributed by atoms with van der Waals surface area (Å²) in [5.41, 5.74) is 4.62. The Morgan fingerprint density at radius 3 is 1.90 bits per heavy atom. The number of amides is 1. The van der Waals surface area contributed by atoms with Crippen LogP contribution in [-0.4, -0.2) is 36.6 Å². The van der Waals surface area contributed by atoms with E-state index < -0.39 is 0 Å². The van der Waals surface area contributed by atoms with E-state index in [0.717, 1.165) is 47.2 Å². The summed E-state index contributed by atoms with van der Waals surface area (Å²) in [6, 6.07) is 16.5. The predicted octanol–water partition coefficient (Wildman–Crippen LogP) is 6.82. The van der Waals surface area contributed by atoms with E-state index in [1.54, 1.807) is 0 Å². The molecule has 0 bridgehead atoms. The van der Waals surface area contributed by atoms with Crippen molar-refractivity contribution in [3.63, 3.8) is 0 Å². The molecule has 1 heterocycles. The first-order valence-corrected chi connectivity index (χ1v) is 12.1. The molecule has 1 fully saturated rings. The van der Waals surface area contributed by atoms with Crippen LogP contribution in [0, 0.1) is 20.8 Å². The van der Waals surface area contributed by atoms with Gasteiger partial charge in [-0.1, -0.05) is 67.4 Å². The van der Waals surface area contributed by atoms with E-state index in [1.807, 2.05) is 18.2 Å². The fraction of sp³-hybridized carbons (Fsp3) is 0.536. The molecule has 1 amide bonds. The number of hydrogen-bond acceptors (Lipinski definition) is 1. The summed E-state index contributed by atoms with van der Waals surface area (Å²) in [5.74, 6) is 0.206. The zero-order valence-electron chi connectivity index (χ0n) is 20.4. The van der Waals surface area contributed by atoms with E-state index in [2.05, 4.69) is 70.4 Å². The van der Waals surface area contributed by atoms with Crippen LogP contribution in [0.1, 0.15) is 68.6 Å². The molecule has 2 aromatic rings. The van der Waals surface area contributed by atoms with Crippen molar-refractivity contribution in [1.29, 1.82) is 0 Å². The molecule has 3 nitrogen and oxygen atoms in total. The topological polar surface area (TPSA) is 29.1 Å². The maximum Gasteiger partial charge on any atom is 0.282 e. The number of likely N-dealkylation sites (N-methyl/N-ethyl adjacent to an activating group) is 1. The minimum absolute atomic E-state index is 0.0621. The number of carbonyl (C=O) groups is 1.